The maximum Gasteiger partial charge on any atom is 0.221 e. The molecule has 2 aromatic rings. The first-order valence-corrected chi connectivity index (χ1v) is 5.40. The van der Waals surface area contributed by atoms with E-state index in [9.17, 15) is 0 Å². The van der Waals surface area contributed by atoms with E-state index in [1.807, 2.05) is 13.8 Å². The molecule has 0 saturated carbocycles. The second kappa shape index (κ2) is 8.57. The number of rotatable bonds is 0. The molecular weight excluding hydrogens is 230 g/mol. The van der Waals surface area contributed by atoms with Crippen LogP contribution in [0.25, 0.3) is 0 Å². The van der Waals surface area contributed by atoms with Crippen molar-refractivity contribution < 1.29 is 0 Å². The van der Waals surface area contributed by atoms with Crippen LogP contribution in [0, 0.1) is 0 Å². The van der Waals surface area contributed by atoms with Crippen LogP contribution in [0.1, 0.15) is 13.8 Å². The summed E-state index contributed by atoms with van der Waals surface area (Å²) in [5, 5.41) is 0. The highest BCUT2D eigenvalue weighted by Gasteiger charge is 1.84. The fourth-order valence-corrected chi connectivity index (χ4v) is 0.857. The van der Waals surface area contributed by atoms with E-state index in [1.165, 1.54) is 6.20 Å². The van der Waals surface area contributed by atoms with Crippen molar-refractivity contribution in [2.24, 2.45) is 0 Å². The first kappa shape index (κ1) is 15.4. The molecule has 98 valence electrons. The van der Waals surface area contributed by atoms with E-state index in [1.54, 1.807) is 24.3 Å². The zero-order chi connectivity index (χ0) is 14.0. The van der Waals surface area contributed by atoms with Gasteiger partial charge in [-0.1, -0.05) is 19.9 Å². The summed E-state index contributed by atoms with van der Waals surface area (Å²) in [6, 6.07) is 6.72. The molecule has 2 rings (SSSR count). The Morgan fingerprint density at radius 2 is 1.28 bits per heavy atom. The Balaban J connectivity index is 0.000000283. The zero-order valence-electron chi connectivity index (χ0n) is 10.5. The van der Waals surface area contributed by atoms with Gasteiger partial charge in [-0.15, -0.1) is 0 Å². The van der Waals surface area contributed by atoms with Gasteiger partial charge in [0.1, 0.15) is 17.5 Å². The van der Waals surface area contributed by atoms with Crippen molar-refractivity contribution in [2.75, 3.05) is 22.9 Å². The summed E-state index contributed by atoms with van der Waals surface area (Å²) in [5.41, 5.74) is 20.9. The maximum absolute atomic E-state index is 5.27. The van der Waals surface area contributed by atoms with Gasteiger partial charge in [0, 0.05) is 6.20 Å². The van der Waals surface area contributed by atoms with Crippen molar-refractivity contribution in [3.63, 3.8) is 0 Å². The van der Waals surface area contributed by atoms with Gasteiger partial charge in [-0.05, 0) is 18.2 Å². The second-order valence-corrected chi connectivity index (χ2v) is 2.83. The summed E-state index contributed by atoms with van der Waals surface area (Å²) in [6.45, 7) is 4.00. The molecule has 2 aromatic heterocycles. The summed E-state index contributed by atoms with van der Waals surface area (Å²) in [5.74, 6) is 1.54. The molecule has 0 bridgehead atoms. The quantitative estimate of drug-likeness (QED) is 0.543. The van der Waals surface area contributed by atoms with Gasteiger partial charge in [-0.2, -0.15) is 4.98 Å². The molecule has 0 unspecified atom stereocenters. The van der Waals surface area contributed by atoms with Crippen LogP contribution in [-0.4, -0.2) is 15.0 Å². The molecule has 2 heterocycles. The molecule has 0 saturated heterocycles. The molecule has 18 heavy (non-hydrogen) atoms. The minimum atomic E-state index is 0.213. The van der Waals surface area contributed by atoms with Gasteiger partial charge >= 0.3 is 0 Å². The fraction of sp³-hybridized carbons (Fsp3) is 0.182. The molecule has 0 aromatic carbocycles. The topological polar surface area (TPSA) is 143 Å². The SMILES string of the molecule is CC.Nc1cccc(N)n1.Nc1ccnc(N)n1. The minimum absolute atomic E-state index is 0.213. The summed E-state index contributed by atoms with van der Waals surface area (Å²) < 4.78 is 0. The highest BCUT2D eigenvalue weighted by molar-refractivity contribution is 5.38. The molecule has 0 amide bonds. The van der Waals surface area contributed by atoms with E-state index in [4.69, 9.17) is 22.9 Å². The standard InChI is InChI=1S/C5H7N3.C4H6N4.C2H6/c6-4-2-1-3-5(7)8-4;5-3-1-2-7-4(6)8-3;1-2/h1-3H,(H4,6,7,8);1-2H,(H4,5,6,7,8);1-2H3. The number of hydrogen-bond acceptors (Lipinski definition) is 7. The Morgan fingerprint density at radius 3 is 1.56 bits per heavy atom. The highest BCUT2D eigenvalue weighted by atomic mass is 15.0. The predicted molar refractivity (Wildman–Crippen MR) is 75.3 cm³/mol. The van der Waals surface area contributed by atoms with Gasteiger partial charge in [0.2, 0.25) is 5.95 Å². The van der Waals surface area contributed by atoms with E-state index in [0.29, 0.717) is 17.5 Å². The van der Waals surface area contributed by atoms with Crippen LogP contribution in [0.5, 0.6) is 0 Å². The van der Waals surface area contributed by atoms with E-state index >= 15 is 0 Å². The number of nitrogen functional groups attached to an aromatic ring is 4. The van der Waals surface area contributed by atoms with Gasteiger partial charge in [-0.25, -0.2) is 9.97 Å². The van der Waals surface area contributed by atoms with Crippen LogP contribution in [-0.2, 0) is 0 Å². The lowest BCUT2D eigenvalue weighted by Crippen LogP contribution is -1.96. The molecule has 0 spiro atoms. The van der Waals surface area contributed by atoms with Gasteiger partial charge in [0.05, 0.1) is 0 Å². The average Bonchev–Trinajstić information content (AvgIpc) is 2.31. The largest absolute Gasteiger partial charge is 0.384 e. The lowest BCUT2D eigenvalue weighted by molar-refractivity contribution is 1.19. The van der Waals surface area contributed by atoms with Crippen LogP contribution in [0.3, 0.4) is 0 Å². The van der Waals surface area contributed by atoms with Crippen LogP contribution >= 0.6 is 0 Å². The van der Waals surface area contributed by atoms with Crippen molar-refractivity contribution in [1.29, 1.82) is 0 Å². The Bertz CT molecular complexity index is 381. The minimum Gasteiger partial charge on any atom is -0.384 e. The monoisotopic (exact) mass is 249 g/mol. The van der Waals surface area contributed by atoms with E-state index in [-0.39, 0.29) is 5.95 Å². The smallest absolute Gasteiger partial charge is 0.221 e. The maximum atomic E-state index is 5.27. The van der Waals surface area contributed by atoms with Crippen LogP contribution < -0.4 is 22.9 Å². The summed E-state index contributed by atoms with van der Waals surface area (Å²) in [7, 11) is 0. The zero-order valence-corrected chi connectivity index (χ0v) is 10.5. The third kappa shape index (κ3) is 6.83. The van der Waals surface area contributed by atoms with Crippen molar-refractivity contribution in [1.82, 2.24) is 15.0 Å². The molecule has 0 aliphatic carbocycles. The Kier molecular flexibility index (Phi) is 7.34. The Morgan fingerprint density at radius 1 is 0.778 bits per heavy atom. The van der Waals surface area contributed by atoms with E-state index in [2.05, 4.69) is 15.0 Å². The van der Waals surface area contributed by atoms with Crippen molar-refractivity contribution in [3.8, 4) is 0 Å². The van der Waals surface area contributed by atoms with Gasteiger partial charge in [0.25, 0.3) is 0 Å². The van der Waals surface area contributed by atoms with Crippen LogP contribution in [0.15, 0.2) is 30.5 Å². The molecule has 0 radical (unpaired) electrons. The molecule has 7 nitrogen and oxygen atoms in total. The number of pyridine rings is 1. The highest BCUT2D eigenvalue weighted by Crippen LogP contribution is 1.99. The normalized spacial score (nSPS) is 8.33. The molecule has 0 aliphatic heterocycles. The number of nitrogens with zero attached hydrogens (tertiary/aromatic N) is 3. The summed E-state index contributed by atoms with van der Waals surface area (Å²) >= 11 is 0. The molecule has 8 N–H and O–H groups in total. The molecular formula is C11H19N7. The van der Waals surface area contributed by atoms with Gasteiger partial charge < -0.3 is 22.9 Å². The predicted octanol–water partition coefficient (Wildman–Crippen LogP) is 0.913. The lowest BCUT2D eigenvalue weighted by Gasteiger charge is -1.90. The molecule has 0 aliphatic rings. The first-order chi connectivity index (χ1) is 8.58. The second-order valence-electron chi connectivity index (χ2n) is 2.83. The van der Waals surface area contributed by atoms with Crippen molar-refractivity contribution in [3.05, 3.63) is 30.5 Å². The Hall–Kier alpha value is -2.57. The van der Waals surface area contributed by atoms with Crippen molar-refractivity contribution in [2.45, 2.75) is 13.8 Å². The molecule has 0 fully saturated rings. The number of aromatic nitrogens is 3. The van der Waals surface area contributed by atoms with Gasteiger partial charge in [-0.3, -0.25) is 0 Å². The average molecular weight is 249 g/mol. The first-order valence-electron chi connectivity index (χ1n) is 5.40. The lowest BCUT2D eigenvalue weighted by atomic mass is 10.4. The number of nitrogens with two attached hydrogens (primary N) is 4. The Labute approximate surface area is 106 Å². The summed E-state index contributed by atoms with van der Waals surface area (Å²) in [6.07, 6.45) is 1.51. The van der Waals surface area contributed by atoms with Crippen LogP contribution in [0.4, 0.5) is 23.4 Å². The van der Waals surface area contributed by atoms with Crippen LogP contribution in [0.2, 0.25) is 0 Å². The number of hydrogen-bond donors (Lipinski definition) is 4. The molecule has 0 atom stereocenters. The molecule has 7 heteroatoms. The van der Waals surface area contributed by atoms with E-state index in [0.717, 1.165) is 0 Å². The third-order valence-corrected chi connectivity index (χ3v) is 1.49. The van der Waals surface area contributed by atoms with Gasteiger partial charge in [0.15, 0.2) is 0 Å². The third-order valence-electron chi connectivity index (χ3n) is 1.49. The van der Waals surface area contributed by atoms with Crippen molar-refractivity contribution >= 4 is 23.4 Å². The summed E-state index contributed by atoms with van der Waals surface area (Å²) in [4.78, 5) is 11.0. The number of anilines is 4. The fourth-order valence-electron chi connectivity index (χ4n) is 0.857. The van der Waals surface area contributed by atoms with E-state index < -0.39 is 0 Å².